The second kappa shape index (κ2) is 7.51. The van der Waals surface area contributed by atoms with Crippen molar-refractivity contribution in [1.82, 2.24) is 5.32 Å². The quantitative estimate of drug-likeness (QED) is 0.731. The number of rotatable bonds is 8. The Morgan fingerprint density at radius 2 is 2.10 bits per heavy atom. The summed E-state index contributed by atoms with van der Waals surface area (Å²) in [4.78, 5) is 1.52. The van der Waals surface area contributed by atoms with Gasteiger partial charge in [-0.3, -0.25) is 0 Å². The van der Waals surface area contributed by atoms with Crippen LogP contribution in [-0.4, -0.2) is 18.8 Å². The van der Waals surface area contributed by atoms with Gasteiger partial charge in [-0.1, -0.05) is 44.9 Å². The van der Waals surface area contributed by atoms with Crippen LogP contribution < -0.4 is 5.32 Å². The largest absolute Gasteiger partial charge is 0.319 e. The second-order valence-corrected chi connectivity index (χ2v) is 7.59. The Kier molecular flexibility index (Phi) is 5.98. The molecular formula is C18H29NS. The van der Waals surface area contributed by atoms with Crippen LogP contribution in [0.1, 0.15) is 51.5 Å². The van der Waals surface area contributed by atoms with Crippen LogP contribution in [0.4, 0.5) is 0 Å². The minimum absolute atomic E-state index is 0.491. The van der Waals surface area contributed by atoms with Gasteiger partial charge in [0, 0.05) is 16.7 Å². The maximum atomic E-state index is 3.45. The molecule has 0 saturated heterocycles. The van der Waals surface area contributed by atoms with Crippen molar-refractivity contribution >= 4 is 11.8 Å². The molecule has 0 aromatic heterocycles. The maximum Gasteiger partial charge on any atom is 0.0141 e. The fourth-order valence-corrected chi connectivity index (χ4v) is 5.01. The van der Waals surface area contributed by atoms with Gasteiger partial charge in [0.15, 0.2) is 0 Å². The third-order valence-electron chi connectivity index (χ3n) is 4.74. The summed E-state index contributed by atoms with van der Waals surface area (Å²) in [7, 11) is 2.10. The van der Waals surface area contributed by atoms with E-state index in [1.165, 1.54) is 43.4 Å². The van der Waals surface area contributed by atoms with Crippen molar-refractivity contribution in [3.63, 3.8) is 0 Å². The molecule has 0 saturated carbocycles. The lowest BCUT2D eigenvalue weighted by atomic mass is 9.75. The zero-order valence-electron chi connectivity index (χ0n) is 13.2. The molecule has 1 aromatic rings. The molecule has 2 atom stereocenters. The summed E-state index contributed by atoms with van der Waals surface area (Å²) >= 11 is 2.11. The molecule has 1 aliphatic rings. The SMILES string of the molecule is CCCCC(CC)(CNC)CC1Cc2ccccc2S1. The molecule has 0 spiro atoms. The van der Waals surface area contributed by atoms with Gasteiger partial charge in [0.05, 0.1) is 0 Å². The molecule has 0 bridgehead atoms. The summed E-state index contributed by atoms with van der Waals surface area (Å²) in [5.74, 6) is 0. The number of nitrogens with one attached hydrogen (secondary N) is 1. The highest BCUT2D eigenvalue weighted by molar-refractivity contribution is 8.00. The summed E-state index contributed by atoms with van der Waals surface area (Å²) < 4.78 is 0. The number of thioether (sulfide) groups is 1. The molecule has 1 heterocycles. The van der Waals surface area contributed by atoms with E-state index in [4.69, 9.17) is 0 Å². The molecule has 20 heavy (non-hydrogen) atoms. The van der Waals surface area contributed by atoms with Crippen molar-refractivity contribution in [3.05, 3.63) is 29.8 Å². The van der Waals surface area contributed by atoms with Crippen LogP contribution in [0, 0.1) is 5.41 Å². The van der Waals surface area contributed by atoms with Crippen LogP contribution in [-0.2, 0) is 6.42 Å². The third-order valence-corrected chi connectivity index (χ3v) is 6.06. The summed E-state index contributed by atoms with van der Waals surface area (Å²) in [6.45, 7) is 5.84. The highest BCUT2D eigenvalue weighted by atomic mass is 32.2. The van der Waals surface area contributed by atoms with Crippen molar-refractivity contribution < 1.29 is 0 Å². The van der Waals surface area contributed by atoms with Crippen molar-refractivity contribution in [3.8, 4) is 0 Å². The summed E-state index contributed by atoms with van der Waals surface area (Å²) in [5, 5.41) is 4.23. The Morgan fingerprint density at radius 1 is 1.30 bits per heavy atom. The first-order valence-corrected chi connectivity index (χ1v) is 9.00. The monoisotopic (exact) mass is 291 g/mol. The van der Waals surface area contributed by atoms with E-state index in [1.54, 1.807) is 5.56 Å². The van der Waals surface area contributed by atoms with E-state index < -0.39 is 0 Å². The molecule has 1 N–H and O–H groups in total. The molecule has 2 rings (SSSR count). The number of benzene rings is 1. The molecular weight excluding hydrogens is 262 g/mol. The molecule has 0 radical (unpaired) electrons. The average Bonchev–Trinajstić information content (AvgIpc) is 2.87. The van der Waals surface area contributed by atoms with Crippen molar-refractivity contribution in [2.45, 2.75) is 62.5 Å². The van der Waals surface area contributed by atoms with E-state index in [-0.39, 0.29) is 0 Å². The summed E-state index contributed by atoms with van der Waals surface area (Å²) in [6, 6.07) is 8.95. The Balaban J connectivity index is 2.02. The maximum absolute atomic E-state index is 3.45. The molecule has 0 amide bonds. The van der Waals surface area contributed by atoms with E-state index in [0.717, 1.165) is 11.8 Å². The number of fused-ring (bicyclic) bond motifs is 1. The van der Waals surface area contributed by atoms with Crippen molar-refractivity contribution in [1.29, 1.82) is 0 Å². The van der Waals surface area contributed by atoms with Gasteiger partial charge in [-0.15, -0.1) is 11.8 Å². The normalized spacial score (nSPS) is 20.6. The van der Waals surface area contributed by atoms with Crippen LogP contribution in [0.3, 0.4) is 0 Å². The first kappa shape index (κ1) is 15.9. The van der Waals surface area contributed by atoms with Gasteiger partial charge in [-0.05, 0) is 49.8 Å². The molecule has 2 unspecified atom stereocenters. The Bertz CT molecular complexity index is 393. The lowest BCUT2D eigenvalue weighted by molar-refractivity contribution is 0.215. The van der Waals surface area contributed by atoms with Crippen LogP contribution in [0.2, 0.25) is 0 Å². The fourth-order valence-electron chi connectivity index (χ4n) is 3.49. The molecule has 1 nitrogen and oxygen atoms in total. The molecule has 2 heteroatoms. The number of unbranched alkanes of at least 4 members (excludes halogenated alkanes) is 1. The Morgan fingerprint density at radius 3 is 2.75 bits per heavy atom. The van der Waals surface area contributed by atoms with Gasteiger partial charge in [-0.25, -0.2) is 0 Å². The van der Waals surface area contributed by atoms with E-state index in [0.29, 0.717) is 5.41 Å². The van der Waals surface area contributed by atoms with Crippen molar-refractivity contribution in [2.75, 3.05) is 13.6 Å². The van der Waals surface area contributed by atoms with E-state index >= 15 is 0 Å². The average molecular weight is 292 g/mol. The van der Waals surface area contributed by atoms with Crippen LogP contribution >= 0.6 is 11.8 Å². The molecule has 1 aliphatic heterocycles. The minimum Gasteiger partial charge on any atom is -0.319 e. The minimum atomic E-state index is 0.491. The Hall–Kier alpha value is -0.470. The van der Waals surface area contributed by atoms with E-state index in [1.807, 2.05) is 0 Å². The van der Waals surface area contributed by atoms with Crippen LogP contribution in [0.25, 0.3) is 0 Å². The lowest BCUT2D eigenvalue weighted by Gasteiger charge is -2.35. The third kappa shape index (κ3) is 3.79. The van der Waals surface area contributed by atoms with Gasteiger partial charge in [0.1, 0.15) is 0 Å². The molecule has 0 fully saturated rings. The number of hydrogen-bond donors (Lipinski definition) is 1. The van der Waals surface area contributed by atoms with Crippen LogP contribution in [0.5, 0.6) is 0 Å². The smallest absolute Gasteiger partial charge is 0.0141 e. The second-order valence-electron chi connectivity index (χ2n) is 6.24. The molecule has 112 valence electrons. The van der Waals surface area contributed by atoms with Gasteiger partial charge in [0.25, 0.3) is 0 Å². The van der Waals surface area contributed by atoms with E-state index in [9.17, 15) is 0 Å². The van der Waals surface area contributed by atoms with E-state index in [2.05, 4.69) is 62.2 Å². The first-order valence-electron chi connectivity index (χ1n) is 8.12. The standard InChI is InChI=1S/C18H29NS/c1-4-6-11-18(5-2,14-19-3)13-16-12-15-9-7-8-10-17(15)20-16/h7-10,16,19H,4-6,11-14H2,1-3H3. The predicted octanol–water partition coefficient (Wildman–Crippen LogP) is 4.90. The van der Waals surface area contributed by atoms with Crippen molar-refractivity contribution in [2.24, 2.45) is 5.41 Å². The highest BCUT2D eigenvalue weighted by Crippen LogP contribution is 2.44. The zero-order valence-corrected chi connectivity index (χ0v) is 14.1. The number of hydrogen-bond acceptors (Lipinski definition) is 2. The first-order chi connectivity index (χ1) is 9.73. The van der Waals surface area contributed by atoms with Gasteiger partial charge >= 0.3 is 0 Å². The summed E-state index contributed by atoms with van der Waals surface area (Å²) in [6.07, 6.45) is 7.95. The van der Waals surface area contributed by atoms with Gasteiger partial charge in [-0.2, -0.15) is 0 Å². The molecule has 1 aromatic carbocycles. The topological polar surface area (TPSA) is 12.0 Å². The highest BCUT2D eigenvalue weighted by Gasteiger charge is 2.33. The lowest BCUT2D eigenvalue weighted by Crippen LogP contribution is -2.35. The van der Waals surface area contributed by atoms with Crippen LogP contribution in [0.15, 0.2) is 29.2 Å². The summed E-state index contributed by atoms with van der Waals surface area (Å²) in [5.41, 5.74) is 2.05. The fraction of sp³-hybridized carbons (Fsp3) is 0.667. The molecule has 0 aliphatic carbocycles. The zero-order chi connectivity index (χ0) is 14.4. The Labute approximate surface area is 128 Å². The van der Waals surface area contributed by atoms with Gasteiger partial charge < -0.3 is 5.32 Å². The van der Waals surface area contributed by atoms with Gasteiger partial charge in [0.2, 0.25) is 0 Å². The predicted molar refractivity (Wildman–Crippen MR) is 90.6 cm³/mol.